The number of aliphatic carboxylic acids is 2. The van der Waals surface area contributed by atoms with E-state index in [0.29, 0.717) is 10.6 Å². The van der Waals surface area contributed by atoms with E-state index in [9.17, 15) is 9.59 Å². The van der Waals surface area contributed by atoms with Crippen molar-refractivity contribution in [3.05, 3.63) is 64.1 Å². The first-order chi connectivity index (χ1) is 13.0. The number of amides is 1. The molecule has 0 bridgehead atoms. The van der Waals surface area contributed by atoms with Crippen molar-refractivity contribution in [2.75, 3.05) is 0 Å². The summed E-state index contributed by atoms with van der Waals surface area (Å²) in [7, 11) is 0. The standard InChI is InChI=1S/C13H9Cl2N3O2.2C2H4O2.Ni/c14-10-5-9(12(19)11(15)6-10)7-17-18-13(20)8-1-3-16-4-2-8;2*1-2(3)4;/h1-7,17H,(H,18,20);2*1H3,(H,3,4);/q;;;+2/p-2/b9-7-;;;. The number of ketones is 1. The molecule has 158 valence electrons. The Kier molecular flexibility index (Phi) is 15.0. The molecular formula is C17H15Cl2N3NiO6. The maximum atomic E-state index is 11.7. The molecule has 0 atom stereocenters. The van der Waals surface area contributed by atoms with Crippen LogP contribution >= 0.6 is 23.2 Å². The van der Waals surface area contributed by atoms with Gasteiger partial charge in [-0.15, -0.1) is 0 Å². The number of nitrogens with zero attached hydrogens (tertiary/aromatic N) is 1. The van der Waals surface area contributed by atoms with Crippen LogP contribution in [-0.4, -0.2) is 28.6 Å². The number of rotatable bonds is 3. The summed E-state index contributed by atoms with van der Waals surface area (Å²) in [6.07, 6.45) is 7.13. The van der Waals surface area contributed by atoms with Gasteiger partial charge in [-0.3, -0.25) is 20.0 Å². The quantitative estimate of drug-likeness (QED) is 0.331. The van der Waals surface area contributed by atoms with Crippen molar-refractivity contribution in [1.29, 1.82) is 0 Å². The molecule has 0 fully saturated rings. The largest absolute Gasteiger partial charge is 2.00 e. The minimum atomic E-state index is -1.08. The molecule has 2 N–H and O–H groups in total. The Balaban J connectivity index is 0. The Labute approximate surface area is 186 Å². The minimum absolute atomic E-state index is 0. The number of pyridine rings is 1. The van der Waals surface area contributed by atoms with E-state index in [4.69, 9.17) is 43.0 Å². The third kappa shape index (κ3) is 14.0. The number of carbonyl (C=O) groups excluding carboxylic acids is 4. The first-order valence-corrected chi connectivity index (χ1v) is 8.10. The van der Waals surface area contributed by atoms with Crippen molar-refractivity contribution in [1.82, 2.24) is 15.8 Å². The van der Waals surface area contributed by atoms with Gasteiger partial charge < -0.3 is 25.2 Å². The van der Waals surface area contributed by atoms with Crippen LogP contribution < -0.4 is 21.1 Å². The maximum absolute atomic E-state index is 11.7. The number of carboxylic acid groups (broad SMARTS) is 2. The fourth-order valence-electron chi connectivity index (χ4n) is 1.44. The van der Waals surface area contributed by atoms with Gasteiger partial charge in [0.25, 0.3) is 5.91 Å². The number of aromatic nitrogens is 1. The summed E-state index contributed by atoms with van der Waals surface area (Å²) in [5.74, 6) is -2.90. The van der Waals surface area contributed by atoms with E-state index in [1.54, 1.807) is 12.1 Å². The number of nitrogens with one attached hydrogen (secondary N) is 2. The van der Waals surface area contributed by atoms with Gasteiger partial charge in [0.1, 0.15) is 0 Å². The van der Waals surface area contributed by atoms with Crippen LogP contribution in [0.2, 0.25) is 0 Å². The first-order valence-electron chi connectivity index (χ1n) is 7.35. The monoisotopic (exact) mass is 485 g/mol. The molecule has 1 aliphatic carbocycles. The van der Waals surface area contributed by atoms with Gasteiger partial charge in [0.2, 0.25) is 5.78 Å². The SMILES string of the molecule is CC(=O)[O-].CC(=O)[O-].O=C1C(Cl)=CC(Cl)=C/C1=C/NNC(=O)c1ccncc1.[Ni+2]. The summed E-state index contributed by atoms with van der Waals surface area (Å²) in [5.41, 5.74) is 5.63. The third-order valence-corrected chi connectivity index (χ3v) is 2.89. The Morgan fingerprint density at radius 3 is 2.00 bits per heavy atom. The van der Waals surface area contributed by atoms with E-state index in [0.717, 1.165) is 13.8 Å². The molecule has 0 spiro atoms. The van der Waals surface area contributed by atoms with Crippen LogP contribution in [-0.2, 0) is 30.9 Å². The average Bonchev–Trinajstić information content (AvgIpc) is 2.58. The molecule has 0 aromatic carbocycles. The predicted molar refractivity (Wildman–Crippen MR) is 97.2 cm³/mol. The molecule has 0 aliphatic heterocycles. The number of carboxylic acids is 2. The van der Waals surface area contributed by atoms with E-state index in [1.165, 1.54) is 30.7 Å². The van der Waals surface area contributed by atoms with Crippen LogP contribution in [0.4, 0.5) is 0 Å². The van der Waals surface area contributed by atoms with Crippen LogP contribution in [0.25, 0.3) is 0 Å². The Bertz CT molecular complexity index is 806. The van der Waals surface area contributed by atoms with E-state index >= 15 is 0 Å². The smallest absolute Gasteiger partial charge is 0.550 e. The Morgan fingerprint density at radius 2 is 1.52 bits per heavy atom. The molecule has 2 rings (SSSR count). The molecule has 1 aromatic heterocycles. The average molecular weight is 487 g/mol. The zero-order valence-electron chi connectivity index (χ0n) is 15.0. The van der Waals surface area contributed by atoms with Crippen molar-refractivity contribution >= 4 is 46.8 Å². The zero-order chi connectivity index (χ0) is 21.7. The Morgan fingerprint density at radius 1 is 1.03 bits per heavy atom. The summed E-state index contributed by atoms with van der Waals surface area (Å²) < 4.78 is 0. The molecule has 0 radical (unpaired) electrons. The number of halogens is 2. The molecule has 0 saturated carbocycles. The summed E-state index contributed by atoms with van der Waals surface area (Å²) in [6.45, 7) is 1.94. The normalized spacial score (nSPS) is 13.1. The summed E-state index contributed by atoms with van der Waals surface area (Å²) in [5, 5.41) is 18.1. The molecule has 0 unspecified atom stereocenters. The number of allylic oxidation sites excluding steroid dienone is 5. The first kappa shape index (κ1) is 28.5. The minimum Gasteiger partial charge on any atom is -0.550 e. The number of carbonyl (C=O) groups is 4. The van der Waals surface area contributed by atoms with Crippen LogP contribution in [0.1, 0.15) is 24.2 Å². The van der Waals surface area contributed by atoms with E-state index in [-0.39, 0.29) is 38.8 Å². The van der Waals surface area contributed by atoms with Crippen LogP contribution in [0.3, 0.4) is 0 Å². The molecule has 1 aliphatic rings. The summed E-state index contributed by atoms with van der Waals surface area (Å²) in [6, 6.07) is 3.12. The van der Waals surface area contributed by atoms with Gasteiger partial charge in [-0.1, -0.05) is 23.2 Å². The fourth-order valence-corrected chi connectivity index (χ4v) is 1.95. The van der Waals surface area contributed by atoms with Crippen molar-refractivity contribution in [3.63, 3.8) is 0 Å². The zero-order valence-corrected chi connectivity index (χ0v) is 17.5. The molecule has 12 heteroatoms. The van der Waals surface area contributed by atoms with Gasteiger partial charge in [0.05, 0.1) is 5.03 Å². The van der Waals surface area contributed by atoms with E-state index < -0.39 is 11.9 Å². The second-order valence-electron chi connectivity index (χ2n) is 4.77. The van der Waals surface area contributed by atoms with Crippen molar-refractivity contribution < 1.29 is 45.9 Å². The Hall–Kier alpha value is -2.68. The molecule has 1 amide bonds. The van der Waals surface area contributed by atoms with Gasteiger partial charge in [0.15, 0.2) is 0 Å². The molecule has 1 heterocycles. The van der Waals surface area contributed by atoms with Crippen molar-refractivity contribution in [3.8, 4) is 0 Å². The van der Waals surface area contributed by atoms with Gasteiger partial charge >= 0.3 is 16.5 Å². The third-order valence-electron chi connectivity index (χ3n) is 2.39. The van der Waals surface area contributed by atoms with E-state index in [2.05, 4.69) is 15.8 Å². The number of hydrogen-bond donors (Lipinski definition) is 2. The molecule has 29 heavy (non-hydrogen) atoms. The van der Waals surface area contributed by atoms with Crippen molar-refractivity contribution in [2.45, 2.75) is 13.8 Å². The fraction of sp³-hybridized carbons (Fsp3) is 0.118. The number of hydrazine groups is 1. The second kappa shape index (κ2) is 15.3. The topological polar surface area (TPSA) is 151 Å². The predicted octanol–water partition coefficient (Wildman–Crippen LogP) is -0.462. The number of hydrogen-bond acceptors (Lipinski definition) is 8. The maximum Gasteiger partial charge on any atom is 2.00 e. The summed E-state index contributed by atoms with van der Waals surface area (Å²) >= 11 is 11.5. The van der Waals surface area contributed by atoms with Gasteiger partial charge in [-0.2, -0.15) is 0 Å². The molecule has 1 aromatic rings. The van der Waals surface area contributed by atoms with Crippen LogP contribution in [0.5, 0.6) is 0 Å². The molecular weight excluding hydrogens is 472 g/mol. The molecule has 9 nitrogen and oxygen atoms in total. The second-order valence-corrected chi connectivity index (χ2v) is 5.61. The van der Waals surface area contributed by atoms with Crippen LogP contribution in [0.15, 0.2) is 58.5 Å². The number of Topliss-reactive ketones (excluding diaryl/α,β-unsaturated/α-hetero) is 1. The van der Waals surface area contributed by atoms with Gasteiger partial charge in [-0.05, 0) is 38.1 Å². The van der Waals surface area contributed by atoms with Crippen LogP contribution in [0, 0.1) is 0 Å². The van der Waals surface area contributed by atoms with E-state index in [1.807, 2.05) is 0 Å². The summed E-state index contributed by atoms with van der Waals surface area (Å²) in [4.78, 5) is 45.0. The van der Waals surface area contributed by atoms with Crippen molar-refractivity contribution in [2.24, 2.45) is 0 Å². The molecule has 0 saturated heterocycles. The van der Waals surface area contributed by atoms with Gasteiger partial charge in [-0.25, -0.2) is 0 Å². The van der Waals surface area contributed by atoms with Gasteiger partial charge in [0, 0.05) is 46.7 Å².